The van der Waals surface area contributed by atoms with Gasteiger partial charge in [0.15, 0.2) is 0 Å². The van der Waals surface area contributed by atoms with Crippen LogP contribution in [0.3, 0.4) is 0 Å². The summed E-state index contributed by atoms with van der Waals surface area (Å²) in [5.41, 5.74) is 8.00. The third-order valence-corrected chi connectivity index (χ3v) is 5.07. The number of hydrogen-bond donors (Lipinski definition) is 0. The summed E-state index contributed by atoms with van der Waals surface area (Å²) in [5, 5.41) is 10.1. The van der Waals surface area contributed by atoms with E-state index in [2.05, 4.69) is 17.1 Å². The SMILES string of the molecule is Cc1cc(-c2c(C#N)c(-c3ccccc3)nc3c2CCCCC3)ccn1. The molecule has 0 atom stereocenters. The Kier molecular flexibility index (Phi) is 4.50. The fourth-order valence-electron chi connectivity index (χ4n) is 3.85. The average molecular weight is 339 g/mol. The Bertz CT molecular complexity index is 984. The number of aromatic nitrogens is 2. The maximum absolute atomic E-state index is 10.1. The maximum atomic E-state index is 10.1. The first-order valence-corrected chi connectivity index (χ1v) is 9.22. The summed E-state index contributed by atoms with van der Waals surface area (Å²) < 4.78 is 0. The summed E-state index contributed by atoms with van der Waals surface area (Å²) in [7, 11) is 0. The maximum Gasteiger partial charge on any atom is 0.102 e. The molecule has 3 nitrogen and oxygen atoms in total. The minimum atomic E-state index is 0.683. The average Bonchev–Trinajstić information content (AvgIpc) is 2.92. The number of pyridine rings is 2. The summed E-state index contributed by atoms with van der Waals surface area (Å²) in [6.45, 7) is 1.99. The molecule has 0 saturated heterocycles. The van der Waals surface area contributed by atoms with Gasteiger partial charge in [-0.1, -0.05) is 36.8 Å². The van der Waals surface area contributed by atoms with Crippen molar-refractivity contribution in [2.45, 2.75) is 39.0 Å². The lowest BCUT2D eigenvalue weighted by molar-refractivity contribution is 0.709. The molecule has 0 bridgehead atoms. The Morgan fingerprint density at radius 3 is 2.54 bits per heavy atom. The number of fused-ring (bicyclic) bond motifs is 1. The molecule has 0 radical (unpaired) electrons. The monoisotopic (exact) mass is 339 g/mol. The lowest BCUT2D eigenvalue weighted by Crippen LogP contribution is -2.05. The van der Waals surface area contributed by atoms with Crippen molar-refractivity contribution in [1.82, 2.24) is 9.97 Å². The normalized spacial score (nSPS) is 13.5. The smallest absolute Gasteiger partial charge is 0.102 e. The van der Waals surface area contributed by atoms with E-state index in [4.69, 9.17) is 4.98 Å². The highest BCUT2D eigenvalue weighted by Crippen LogP contribution is 2.37. The highest BCUT2D eigenvalue weighted by molar-refractivity contribution is 5.82. The molecular formula is C23H21N3. The van der Waals surface area contributed by atoms with E-state index in [0.717, 1.165) is 59.5 Å². The van der Waals surface area contributed by atoms with Gasteiger partial charge in [-0.2, -0.15) is 5.26 Å². The van der Waals surface area contributed by atoms with Crippen molar-refractivity contribution in [3.8, 4) is 28.5 Å². The first-order valence-electron chi connectivity index (χ1n) is 9.22. The summed E-state index contributed by atoms with van der Waals surface area (Å²) in [6.07, 6.45) is 7.34. The van der Waals surface area contributed by atoms with Crippen LogP contribution in [0.2, 0.25) is 0 Å². The molecule has 26 heavy (non-hydrogen) atoms. The van der Waals surface area contributed by atoms with Crippen LogP contribution in [0.4, 0.5) is 0 Å². The molecule has 3 aromatic rings. The van der Waals surface area contributed by atoms with E-state index in [1.165, 1.54) is 12.0 Å². The molecule has 0 fully saturated rings. The number of hydrogen-bond acceptors (Lipinski definition) is 3. The fraction of sp³-hybridized carbons (Fsp3) is 0.261. The highest BCUT2D eigenvalue weighted by atomic mass is 14.7. The predicted molar refractivity (Wildman–Crippen MR) is 104 cm³/mol. The second-order valence-corrected chi connectivity index (χ2v) is 6.86. The van der Waals surface area contributed by atoms with E-state index in [-0.39, 0.29) is 0 Å². The van der Waals surface area contributed by atoms with Crippen LogP contribution in [0, 0.1) is 18.3 Å². The minimum Gasteiger partial charge on any atom is -0.262 e. The van der Waals surface area contributed by atoms with Gasteiger partial charge in [-0.05, 0) is 55.9 Å². The van der Waals surface area contributed by atoms with Crippen LogP contribution in [-0.4, -0.2) is 9.97 Å². The van der Waals surface area contributed by atoms with Gasteiger partial charge in [0.25, 0.3) is 0 Å². The third kappa shape index (κ3) is 2.99. The first-order chi connectivity index (χ1) is 12.8. The molecule has 128 valence electrons. The van der Waals surface area contributed by atoms with Crippen molar-refractivity contribution < 1.29 is 0 Å². The highest BCUT2D eigenvalue weighted by Gasteiger charge is 2.23. The van der Waals surface area contributed by atoms with Crippen LogP contribution < -0.4 is 0 Å². The molecule has 1 aliphatic rings. The zero-order valence-electron chi connectivity index (χ0n) is 15.0. The van der Waals surface area contributed by atoms with Gasteiger partial charge in [-0.15, -0.1) is 0 Å². The van der Waals surface area contributed by atoms with Gasteiger partial charge in [0.2, 0.25) is 0 Å². The van der Waals surface area contributed by atoms with Crippen molar-refractivity contribution >= 4 is 0 Å². The van der Waals surface area contributed by atoms with E-state index in [9.17, 15) is 5.26 Å². The van der Waals surface area contributed by atoms with E-state index in [0.29, 0.717) is 5.56 Å². The Morgan fingerprint density at radius 2 is 1.77 bits per heavy atom. The van der Waals surface area contributed by atoms with Gasteiger partial charge in [0.05, 0.1) is 11.3 Å². The summed E-state index contributed by atoms with van der Waals surface area (Å²) >= 11 is 0. The van der Waals surface area contributed by atoms with Gasteiger partial charge >= 0.3 is 0 Å². The van der Waals surface area contributed by atoms with Crippen LogP contribution in [-0.2, 0) is 12.8 Å². The largest absolute Gasteiger partial charge is 0.262 e. The van der Waals surface area contributed by atoms with Crippen molar-refractivity contribution in [2.24, 2.45) is 0 Å². The van der Waals surface area contributed by atoms with E-state index >= 15 is 0 Å². The van der Waals surface area contributed by atoms with Crippen LogP contribution in [0.5, 0.6) is 0 Å². The van der Waals surface area contributed by atoms with Crippen LogP contribution in [0.1, 0.15) is 41.8 Å². The number of rotatable bonds is 2. The molecule has 1 aromatic carbocycles. The molecule has 1 aliphatic carbocycles. The van der Waals surface area contributed by atoms with Crippen LogP contribution in [0.15, 0.2) is 48.7 Å². The van der Waals surface area contributed by atoms with Crippen LogP contribution in [0.25, 0.3) is 22.4 Å². The summed E-state index contributed by atoms with van der Waals surface area (Å²) in [4.78, 5) is 9.32. The Hall–Kier alpha value is -2.99. The number of nitrogens with zero attached hydrogens (tertiary/aromatic N) is 3. The van der Waals surface area contributed by atoms with Crippen molar-refractivity contribution in [1.29, 1.82) is 5.26 Å². The summed E-state index contributed by atoms with van der Waals surface area (Å²) in [6, 6.07) is 16.6. The Balaban J connectivity index is 2.06. The molecule has 0 saturated carbocycles. The van der Waals surface area contributed by atoms with Crippen molar-refractivity contribution in [3.05, 3.63) is 71.2 Å². The van der Waals surface area contributed by atoms with Gasteiger partial charge in [0.1, 0.15) is 6.07 Å². The lowest BCUT2D eigenvalue weighted by Gasteiger charge is -2.18. The first kappa shape index (κ1) is 16.5. The number of aryl methyl sites for hydroxylation is 2. The lowest BCUT2D eigenvalue weighted by atomic mass is 9.89. The van der Waals surface area contributed by atoms with E-state index in [1.807, 2.05) is 49.5 Å². The molecule has 3 heteroatoms. The minimum absolute atomic E-state index is 0.683. The Labute approximate surface area is 154 Å². The molecule has 0 amide bonds. The van der Waals surface area contributed by atoms with E-state index in [1.54, 1.807) is 0 Å². The number of nitriles is 1. The molecule has 2 aromatic heterocycles. The van der Waals surface area contributed by atoms with E-state index < -0.39 is 0 Å². The topological polar surface area (TPSA) is 49.6 Å². The molecule has 0 N–H and O–H groups in total. The Morgan fingerprint density at radius 1 is 0.962 bits per heavy atom. The van der Waals surface area contributed by atoms with Gasteiger partial charge < -0.3 is 0 Å². The van der Waals surface area contributed by atoms with Crippen molar-refractivity contribution in [2.75, 3.05) is 0 Å². The molecule has 0 aliphatic heterocycles. The van der Waals surface area contributed by atoms with Gasteiger partial charge in [-0.25, -0.2) is 0 Å². The fourth-order valence-corrected chi connectivity index (χ4v) is 3.85. The molecule has 0 unspecified atom stereocenters. The standard InChI is InChI=1S/C23H21N3/c1-16-14-18(12-13-25-16)22-19-10-6-3-7-11-21(19)26-23(20(22)15-24)17-8-4-2-5-9-17/h2,4-5,8-9,12-14H,3,6-7,10-11H2,1H3. The van der Waals surface area contributed by atoms with Gasteiger partial charge in [0, 0.05) is 28.7 Å². The molecule has 2 heterocycles. The summed E-state index contributed by atoms with van der Waals surface area (Å²) in [5.74, 6) is 0. The van der Waals surface area contributed by atoms with Crippen LogP contribution >= 0.6 is 0 Å². The molecular weight excluding hydrogens is 318 g/mol. The predicted octanol–water partition coefficient (Wildman–Crippen LogP) is 5.26. The third-order valence-electron chi connectivity index (χ3n) is 5.07. The van der Waals surface area contributed by atoms with Gasteiger partial charge in [-0.3, -0.25) is 9.97 Å². The van der Waals surface area contributed by atoms with Crippen molar-refractivity contribution in [3.63, 3.8) is 0 Å². The number of benzene rings is 1. The second kappa shape index (κ2) is 7.09. The zero-order valence-corrected chi connectivity index (χ0v) is 15.0. The molecule has 4 rings (SSSR count). The quantitative estimate of drug-likeness (QED) is 0.598. The second-order valence-electron chi connectivity index (χ2n) is 6.86. The zero-order chi connectivity index (χ0) is 17.9. The molecule has 0 spiro atoms.